The van der Waals surface area contributed by atoms with Crippen molar-refractivity contribution in [2.75, 3.05) is 11.1 Å². The predicted octanol–water partition coefficient (Wildman–Crippen LogP) is 3.86. The third kappa shape index (κ3) is 4.24. The molecule has 4 heteroatoms. The van der Waals surface area contributed by atoms with Crippen LogP contribution in [0.5, 0.6) is 0 Å². The summed E-state index contributed by atoms with van der Waals surface area (Å²) in [5.41, 5.74) is 7.94. The Bertz CT molecular complexity index is 528. The predicted molar refractivity (Wildman–Crippen MR) is 84.2 cm³/mol. The minimum Gasteiger partial charge on any atom is -0.396 e. The van der Waals surface area contributed by atoms with Crippen molar-refractivity contribution < 1.29 is 0 Å². The normalized spacial score (nSPS) is 12.1. The van der Waals surface area contributed by atoms with Crippen LogP contribution in [-0.2, 0) is 6.42 Å². The minimum absolute atomic E-state index is 0.330. The summed E-state index contributed by atoms with van der Waals surface area (Å²) in [6.45, 7) is 2.14. The highest BCUT2D eigenvalue weighted by Crippen LogP contribution is 2.21. The molecule has 1 aromatic heterocycles. The third-order valence-electron chi connectivity index (χ3n) is 2.98. The number of halogens is 1. The Balaban J connectivity index is 1.89. The van der Waals surface area contributed by atoms with Gasteiger partial charge in [0.1, 0.15) is 5.82 Å². The molecule has 0 fully saturated rings. The summed E-state index contributed by atoms with van der Waals surface area (Å²) in [5, 5.41) is 3.35. The molecule has 0 spiro atoms. The molecule has 2 aromatic rings. The number of hydrogen-bond donors (Lipinski definition) is 2. The molecule has 0 amide bonds. The molecule has 0 aliphatic heterocycles. The van der Waals surface area contributed by atoms with E-state index in [1.165, 1.54) is 5.56 Å². The lowest BCUT2D eigenvalue weighted by Gasteiger charge is -2.16. The van der Waals surface area contributed by atoms with Crippen LogP contribution in [0, 0.1) is 0 Å². The van der Waals surface area contributed by atoms with Gasteiger partial charge in [0, 0.05) is 16.7 Å². The second-order valence-corrected chi connectivity index (χ2v) is 5.58. The number of aromatic nitrogens is 1. The summed E-state index contributed by atoms with van der Waals surface area (Å²) in [7, 11) is 0. The van der Waals surface area contributed by atoms with E-state index in [1.807, 2.05) is 12.1 Å². The van der Waals surface area contributed by atoms with Crippen LogP contribution in [0.25, 0.3) is 0 Å². The molecular weight excluding hydrogens is 302 g/mol. The zero-order chi connectivity index (χ0) is 13.7. The molecule has 19 heavy (non-hydrogen) atoms. The molecule has 0 aliphatic rings. The van der Waals surface area contributed by atoms with Gasteiger partial charge in [-0.25, -0.2) is 4.98 Å². The van der Waals surface area contributed by atoms with Crippen LogP contribution in [0.3, 0.4) is 0 Å². The maximum Gasteiger partial charge on any atom is 0.149 e. The number of anilines is 2. The van der Waals surface area contributed by atoms with E-state index in [-0.39, 0.29) is 0 Å². The van der Waals surface area contributed by atoms with Crippen molar-refractivity contribution in [2.45, 2.75) is 25.8 Å². The first kappa shape index (κ1) is 13.9. The molecule has 0 radical (unpaired) electrons. The van der Waals surface area contributed by atoms with Crippen LogP contribution >= 0.6 is 15.9 Å². The molecule has 1 heterocycles. The Labute approximate surface area is 122 Å². The number of rotatable bonds is 5. The van der Waals surface area contributed by atoms with Gasteiger partial charge in [0.05, 0.1) is 5.69 Å². The standard InChI is InChI=1S/C15H18BrN3/c1-11(7-8-12-5-3-2-4-6-12)19-15-14(17)9-13(16)10-18-15/h2-6,9-11H,7-8,17H2,1H3,(H,18,19). The van der Waals surface area contributed by atoms with Crippen molar-refractivity contribution in [1.82, 2.24) is 4.98 Å². The molecule has 1 atom stereocenters. The van der Waals surface area contributed by atoms with E-state index in [9.17, 15) is 0 Å². The largest absolute Gasteiger partial charge is 0.396 e. The van der Waals surface area contributed by atoms with Crippen LogP contribution < -0.4 is 11.1 Å². The highest BCUT2D eigenvalue weighted by Gasteiger charge is 2.06. The van der Waals surface area contributed by atoms with Gasteiger partial charge in [0.25, 0.3) is 0 Å². The van der Waals surface area contributed by atoms with Crippen molar-refractivity contribution in [1.29, 1.82) is 0 Å². The van der Waals surface area contributed by atoms with Gasteiger partial charge in [-0.05, 0) is 47.3 Å². The fourth-order valence-electron chi connectivity index (χ4n) is 1.91. The van der Waals surface area contributed by atoms with Gasteiger partial charge in [0.2, 0.25) is 0 Å². The Morgan fingerprint density at radius 2 is 2.05 bits per heavy atom. The number of aryl methyl sites for hydroxylation is 1. The molecule has 0 aliphatic carbocycles. The number of nitrogen functional groups attached to an aromatic ring is 1. The topological polar surface area (TPSA) is 50.9 Å². The van der Waals surface area contributed by atoms with E-state index in [0.717, 1.165) is 23.1 Å². The van der Waals surface area contributed by atoms with E-state index in [4.69, 9.17) is 5.73 Å². The maximum atomic E-state index is 5.92. The second kappa shape index (κ2) is 6.57. The molecule has 3 N–H and O–H groups in total. The number of benzene rings is 1. The summed E-state index contributed by atoms with van der Waals surface area (Å²) in [6, 6.07) is 12.7. The Kier molecular flexibility index (Phi) is 4.80. The zero-order valence-corrected chi connectivity index (χ0v) is 12.5. The Morgan fingerprint density at radius 3 is 2.74 bits per heavy atom. The number of nitrogens with two attached hydrogens (primary N) is 1. The molecule has 3 nitrogen and oxygen atoms in total. The number of nitrogens with zero attached hydrogens (tertiary/aromatic N) is 1. The lowest BCUT2D eigenvalue weighted by molar-refractivity contribution is 0.703. The van der Waals surface area contributed by atoms with Crippen molar-refractivity contribution in [3.63, 3.8) is 0 Å². The molecular formula is C15H18BrN3. The fraction of sp³-hybridized carbons (Fsp3) is 0.267. The van der Waals surface area contributed by atoms with Crippen LogP contribution in [0.2, 0.25) is 0 Å². The van der Waals surface area contributed by atoms with Crippen LogP contribution in [0.1, 0.15) is 18.9 Å². The van der Waals surface area contributed by atoms with E-state index >= 15 is 0 Å². The van der Waals surface area contributed by atoms with Crippen molar-refractivity contribution >= 4 is 27.4 Å². The molecule has 0 saturated carbocycles. The SMILES string of the molecule is CC(CCc1ccccc1)Nc1ncc(Br)cc1N. The zero-order valence-electron chi connectivity index (χ0n) is 10.9. The molecule has 0 bridgehead atoms. The smallest absolute Gasteiger partial charge is 0.149 e. The van der Waals surface area contributed by atoms with Crippen LogP contribution in [0.15, 0.2) is 47.1 Å². The molecule has 1 unspecified atom stereocenters. The first-order valence-corrected chi connectivity index (χ1v) is 7.16. The van der Waals surface area contributed by atoms with Gasteiger partial charge in [-0.1, -0.05) is 30.3 Å². The van der Waals surface area contributed by atoms with Crippen LogP contribution in [0.4, 0.5) is 11.5 Å². The molecule has 2 rings (SSSR count). The van der Waals surface area contributed by atoms with Gasteiger partial charge < -0.3 is 11.1 Å². The van der Waals surface area contributed by atoms with Gasteiger partial charge in [-0.15, -0.1) is 0 Å². The lowest BCUT2D eigenvalue weighted by Crippen LogP contribution is -2.18. The number of nitrogens with one attached hydrogen (secondary N) is 1. The highest BCUT2D eigenvalue weighted by molar-refractivity contribution is 9.10. The van der Waals surface area contributed by atoms with Gasteiger partial charge in [-0.3, -0.25) is 0 Å². The van der Waals surface area contributed by atoms with Gasteiger partial charge in [0.15, 0.2) is 0 Å². The molecule has 0 saturated heterocycles. The van der Waals surface area contributed by atoms with E-state index < -0.39 is 0 Å². The Hall–Kier alpha value is -1.55. The van der Waals surface area contributed by atoms with Gasteiger partial charge in [-0.2, -0.15) is 0 Å². The maximum absolute atomic E-state index is 5.92. The molecule has 100 valence electrons. The van der Waals surface area contributed by atoms with Crippen molar-refractivity contribution in [3.05, 3.63) is 52.6 Å². The summed E-state index contributed by atoms with van der Waals surface area (Å²) in [6.07, 6.45) is 3.84. The summed E-state index contributed by atoms with van der Waals surface area (Å²) in [4.78, 5) is 4.29. The average Bonchev–Trinajstić information content (AvgIpc) is 2.41. The third-order valence-corrected chi connectivity index (χ3v) is 3.41. The fourth-order valence-corrected chi connectivity index (χ4v) is 2.26. The monoisotopic (exact) mass is 319 g/mol. The van der Waals surface area contributed by atoms with Gasteiger partial charge >= 0.3 is 0 Å². The van der Waals surface area contributed by atoms with E-state index in [0.29, 0.717) is 11.7 Å². The summed E-state index contributed by atoms with van der Waals surface area (Å²) < 4.78 is 0.896. The van der Waals surface area contributed by atoms with E-state index in [1.54, 1.807) is 6.20 Å². The van der Waals surface area contributed by atoms with Crippen molar-refractivity contribution in [2.24, 2.45) is 0 Å². The second-order valence-electron chi connectivity index (χ2n) is 4.66. The Morgan fingerprint density at radius 1 is 1.32 bits per heavy atom. The average molecular weight is 320 g/mol. The van der Waals surface area contributed by atoms with Crippen LogP contribution in [-0.4, -0.2) is 11.0 Å². The number of hydrogen-bond acceptors (Lipinski definition) is 3. The lowest BCUT2D eigenvalue weighted by atomic mass is 10.1. The summed E-state index contributed by atoms with van der Waals surface area (Å²) in [5.74, 6) is 0.753. The first-order chi connectivity index (χ1) is 9.15. The van der Waals surface area contributed by atoms with E-state index in [2.05, 4.69) is 57.4 Å². The minimum atomic E-state index is 0.330. The highest BCUT2D eigenvalue weighted by atomic mass is 79.9. The van der Waals surface area contributed by atoms with Crippen molar-refractivity contribution in [3.8, 4) is 0 Å². The quantitative estimate of drug-likeness (QED) is 0.879. The molecule has 1 aromatic carbocycles. The first-order valence-electron chi connectivity index (χ1n) is 6.36. The number of pyridine rings is 1. The summed E-state index contributed by atoms with van der Waals surface area (Å²) >= 11 is 3.35.